The molecule has 2 N–H and O–H groups in total. The van der Waals surface area contributed by atoms with Crippen molar-refractivity contribution in [2.75, 3.05) is 6.54 Å². The van der Waals surface area contributed by atoms with E-state index in [4.69, 9.17) is 11.6 Å². The topological polar surface area (TPSA) is 80.2 Å². The standard InChI is InChI=1S/C20H22ClN3O3S/c1-15(23-28(26,27)18-9-7-17(21)8-10-18)20(25)22-12-4-13-24-14-11-16-5-2-3-6-19(16)24/h2-3,5-11,14-15,23H,4,12-13H2,1H3,(H,22,25)/t15-/m0/s1. The van der Waals surface area contributed by atoms with Gasteiger partial charge in [0.15, 0.2) is 0 Å². The van der Waals surface area contributed by atoms with Crippen LogP contribution in [-0.4, -0.2) is 31.5 Å². The van der Waals surface area contributed by atoms with Crippen LogP contribution in [0, 0.1) is 0 Å². The first-order valence-corrected chi connectivity index (χ1v) is 10.8. The van der Waals surface area contributed by atoms with Crippen molar-refractivity contribution in [3.05, 3.63) is 65.8 Å². The van der Waals surface area contributed by atoms with E-state index in [-0.39, 0.29) is 10.8 Å². The number of amides is 1. The van der Waals surface area contributed by atoms with Crippen LogP contribution in [0.2, 0.25) is 5.02 Å². The molecule has 0 saturated carbocycles. The monoisotopic (exact) mass is 419 g/mol. The Bertz CT molecular complexity index is 1060. The van der Waals surface area contributed by atoms with Crippen LogP contribution in [0.15, 0.2) is 65.7 Å². The Kier molecular flexibility index (Phi) is 6.39. The first-order valence-electron chi connectivity index (χ1n) is 8.96. The number of hydrogen-bond donors (Lipinski definition) is 2. The summed E-state index contributed by atoms with van der Waals surface area (Å²) in [5, 5.41) is 4.40. The molecule has 0 fully saturated rings. The fraction of sp³-hybridized carbons (Fsp3) is 0.250. The van der Waals surface area contributed by atoms with Crippen LogP contribution >= 0.6 is 11.6 Å². The van der Waals surface area contributed by atoms with Crippen LogP contribution in [0.5, 0.6) is 0 Å². The van der Waals surface area contributed by atoms with Gasteiger partial charge in [0.05, 0.1) is 10.9 Å². The van der Waals surface area contributed by atoms with Crippen LogP contribution < -0.4 is 10.0 Å². The number of halogens is 1. The van der Waals surface area contributed by atoms with Gasteiger partial charge in [0.1, 0.15) is 0 Å². The lowest BCUT2D eigenvalue weighted by Gasteiger charge is -2.15. The molecule has 3 aromatic rings. The van der Waals surface area contributed by atoms with Crippen molar-refractivity contribution in [1.29, 1.82) is 0 Å². The Morgan fingerprint density at radius 2 is 1.82 bits per heavy atom. The van der Waals surface area contributed by atoms with Gasteiger partial charge in [0.25, 0.3) is 0 Å². The number of nitrogens with one attached hydrogen (secondary N) is 2. The second kappa shape index (κ2) is 8.77. The van der Waals surface area contributed by atoms with Crippen LogP contribution in [0.1, 0.15) is 13.3 Å². The van der Waals surface area contributed by atoms with Gasteiger partial charge < -0.3 is 9.88 Å². The SMILES string of the molecule is C[C@H](NS(=O)(=O)c1ccc(Cl)cc1)C(=O)NCCCn1ccc2ccccc21. The van der Waals surface area contributed by atoms with Gasteiger partial charge in [-0.25, -0.2) is 8.42 Å². The van der Waals surface area contributed by atoms with Gasteiger partial charge in [0, 0.05) is 29.8 Å². The fourth-order valence-corrected chi connectivity index (χ4v) is 4.25. The number of rotatable bonds is 8. The van der Waals surface area contributed by atoms with E-state index in [1.54, 1.807) is 0 Å². The minimum atomic E-state index is -3.79. The molecule has 1 heterocycles. The number of sulfonamides is 1. The molecule has 148 valence electrons. The summed E-state index contributed by atoms with van der Waals surface area (Å²) in [6.07, 6.45) is 2.76. The average Bonchev–Trinajstić information content (AvgIpc) is 3.08. The minimum Gasteiger partial charge on any atom is -0.355 e. The molecule has 3 rings (SSSR count). The molecule has 0 aliphatic heterocycles. The van der Waals surface area contributed by atoms with Crippen molar-refractivity contribution in [1.82, 2.24) is 14.6 Å². The third-order valence-electron chi connectivity index (χ3n) is 4.40. The number of nitrogens with zero attached hydrogens (tertiary/aromatic N) is 1. The number of hydrogen-bond acceptors (Lipinski definition) is 3. The molecular weight excluding hydrogens is 398 g/mol. The molecule has 1 atom stereocenters. The van der Waals surface area contributed by atoms with Crippen molar-refractivity contribution in [3.8, 4) is 0 Å². The third-order valence-corrected chi connectivity index (χ3v) is 6.21. The molecule has 1 amide bonds. The highest BCUT2D eigenvalue weighted by molar-refractivity contribution is 7.89. The quantitative estimate of drug-likeness (QED) is 0.550. The zero-order valence-electron chi connectivity index (χ0n) is 15.4. The van der Waals surface area contributed by atoms with E-state index in [0.29, 0.717) is 11.6 Å². The Labute approximate surface area is 169 Å². The summed E-state index contributed by atoms with van der Waals surface area (Å²) in [5.74, 6) is -0.366. The summed E-state index contributed by atoms with van der Waals surface area (Å²) in [6.45, 7) is 2.74. The van der Waals surface area contributed by atoms with Crippen molar-refractivity contribution in [3.63, 3.8) is 0 Å². The lowest BCUT2D eigenvalue weighted by Crippen LogP contribution is -2.45. The molecule has 0 spiro atoms. The van der Waals surface area contributed by atoms with Gasteiger partial charge in [-0.15, -0.1) is 0 Å². The summed E-state index contributed by atoms with van der Waals surface area (Å²) < 4.78 is 29.2. The molecule has 0 radical (unpaired) electrons. The van der Waals surface area contributed by atoms with Crippen molar-refractivity contribution in [2.24, 2.45) is 0 Å². The second-order valence-electron chi connectivity index (χ2n) is 6.51. The molecule has 0 aliphatic rings. The Morgan fingerprint density at radius 1 is 1.11 bits per heavy atom. The smallest absolute Gasteiger partial charge is 0.241 e. The normalized spacial score (nSPS) is 12.8. The molecule has 0 aliphatic carbocycles. The Morgan fingerprint density at radius 3 is 2.57 bits per heavy atom. The van der Waals surface area contributed by atoms with Gasteiger partial charge in [-0.2, -0.15) is 4.72 Å². The highest BCUT2D eigenvalue weighted by atomic mass is 35.5. The van der Waals surface area contributed by atoms with Crippen molar-refractivity contribution < 1.29 is 13.2 Å². The molecule has 2 aromatic carbocycles. The molecular formula is C20H22ClN3O3S. The summed E-state index contributed by atoms with van der Waals surface area (Å²) >= 11 is 5.78. The van der Waals surface area contributed by atoms with Gasteiger partial charge in [-0.3, -0.25) is 4.79 Å². The van der Waals surface area contributed by atoms with Crippen LogP contribution in [0.3, 0.4) is 0 Å². The molecule has 28 heavy (non-hydrogen) atoms. The molecule has 0 bridgehead atoms. The summed E-state index contributed by atoms with van der Waals surface area (Å²) in [7, 11) is -3.79. The number of fused-ring (bicyclic) bond motifs is 1. The molecule has 6 nitrogen and oxygen atoms in total. The van der Waals surface area contributed by atoms with Gasteiger partial charge in [-0.05, 0) is 55.1 Å². The minimum absolute atomic E-state index is 0.0658. The highest BCUT2D eigenvalue weighted by Crippen LogP contribution is 2.15. The van der Waals surface area contributed by atoms with Crippen molar-refractivity contribution in [2.45, 2.75) is 30.8 Å². The maximum Gasteiger partial charge on any atom is 0.241 e. The lowest BCUT2D eigenvalue weighted by atomic mass is 10.2. The number of aryl methyl sites for hydroxylation is 1. The van der Waals surface area contributed by atoms with E-state index in [2.05, 4.69) is 32.8 Å². The summed E-state index contributed by atoms with van der Waals surface area (Å²) in [4.78, 5) is 12.3. The fourth-order valence-electron chi connectivity index (χ4n) is 2.92. The largest absolute Gasteiger partial charge is 0.355 e. The van der Waals surface area contributed by atoms with Gasteiger partial charge in [-0.1, -0.05) is 29.8 Å². The zero-order valence-corrected chi connectivity index (χ0v) is 17.0. The number of para-hydroxylation sites is 1. The number of aromatic nitrogens is 1. The Hall–Kier alpha value is -2.35. The zero-order chi connectivity index (χ0) is 20.1. The first kappa shape index (κ1) is 20.4. The average molecular weight is 420 g/mol. The van der Waals surface area contributed by atoms with Crippen LogP contribution in [-0.2, 0) is 21.4 Å². The number of carbonyl (C=O) groups excluding carboxylic acids is 1. The van der Waals surface area contributed by atoms with E-state index >= 15 is 0 Å². The van der Waals surface area contributed by atoms with E-state index in [1.165, 1.54) is 36.6 Å². The van der Waals surface area contributed by atoms with Gasteiger partial charge >= 0.3 is 0 Å². The van der Waals surface area contributed by atoms with E-state index < -0.39 is 16.1 Å². The molecule has 1 aromatic heterocycles. The van der Waals surface area contributed by atoms with Crippen molar-refractivity contribution >= 4 is 38.4 Å². The summed E-state index contributed by atoms with van der Waals surface area (Å²) in [5.41, 5.74) is 1.15. The maximum atomic E-state index is 12.3. The van der Waals surface area contributed by atoms with E-state index in [9.17, 15) is 13.2 Å². The molecule has 0 saturated heterocycles. The summed E-state index contributed by atoms with van der Waals surface area (Å²) in [6, 6.07) is 15.1. The lowest BCUT2D eigenvalue weighted by molar-refractivity contribution is -0.122. The number of benzene rings is 2. The predicted molar refractivity (Wildman–Crippen MR) is 111 cm³/mol. The van der Waals surface area contributed by atoms with Crippen LogP contribution in [0.25, 0.3) is 10.9 Å². The first-order chi connectivity index (χ1) is 13.4. The second-order valence-corrected chi connectivity index (χ2v) is 8.66. The van der Waals surface area contributed by atoms with Gasteiger partial charge in [0.2, 0.25) is 15.9 Å². The predicted octanol–water partition coefficient (Wildman–Crippen LogP) is 3.17. The van der Waals surface area contributed by atoms with E-state index in [1.807, 2.05) is 18.3 Å². The number of carbonyl (C=O) groups is 1. The molecule has 0 unspecified atom stereocenters. The third kappa shape index (κ3) is 4.92. The van der Waals surface area contributed by atoms with E-state index in [0.717, 1.165) is 18.5 Å². The molecule has 8 heteroatoms. The van der Waals surface area contributed by atoms with Crippen LogP contribution in [0.4, 0.5) is 0 Å². The highest BCUT2D eigenvalue weighted by Gasteiger charge is 2.21. The maximum absolute atomic E-state index is 12.3. The Balaban J connectivity index is 1.48.